The predicted octanol–water partition coefficient (Wildman–Crippen LogP) is 6.57. The first kappa shape index (κ1) is 30.4. The van der Waals surface area contributed by atoms with Crippen LogP contribution >= 0.6 is 15.9 Å². The molecule has 4 radical (unpaired) electrons. The Balaban J connectivity index is 1.67. The number of ether oxygens (including phenoxy) is 2. The van der Waals surface area contributed by atoms with Crippen LogP contribution in [-0.2, 0) is 11.3 Å². The number of primary amides is 1. The number of carbonyl (C=O) groups excluding carboxylic acids is 1. The molecule has 9 heteroatoms. The molecule has 1 atom stereocenters. The van der Waals surface area contributed by atoms with Crippen molar-refractivity contribution in [2.45, 2.75) is 38.9 Å². The Morgan fingerprint density at radius 2 is 1.80 bits per heavy atom. The second-order valence-corrected chi connectivity index (χ2v) is 10.7. The maximum atomic E-state index is 12.1. The van der Waals surface area contributed by atoms with Crippen molar-refractivity contribution >= 4 is 38.6 Å². The van der Waals surface area contributed by atoms with Crippen LogP contribution in [-0.4, -0.2) is 29.7 Å². The zero-order valence-corrected chi connectivity index (χ0v) is 25.4. The molecule has 214 valence electrons. The van der Waals surface area contributed by atoms with Gasteiger partial charge in [-0.05, 0) is 103 Å². The highest BCUT2D eigenvalue weighted by Crippen LogP contribution is 2.37. The average Bonchev–Trinajstić information content (AvgIpc) is 3.35. The van der Waals surface area contributed by atoms with E-state index in [0.29, 0.717) is 18.0 Å². The first-order valence-corrected chi connectivity index (χ1v) is 14.1. The molecule has 0 fully saturated rings. The van der Waals surface area contributed by atoms with Gasteiger partial charge in [-0.2, -0.15) is 0 Å². The zero-order chi connectivity index (χ0) is 29.7. The van der Waals surface area contributed by atoms with Crippen LogP contribution in [0.2, 0.25) is 0 Å². The minimum atomic E-state index is -0.391. The van der Waals surface area contributed by atoms with Crippen LogP contribution in [0.4, 0.5) is 5.69 Å². The molecule has 0 aliphatic heterocycles. The van der Waals surface area contributed by atoms with E-state index in [0.717, 1.165) is 43.7 Å². The van der Waals surface area contributed by atoms with Crippen LogP contribution in [0, 0.1) is 26.9 Å². The van der Waals surface area contributed by atoms with Gasteiger partial charge in [0.25, 0.3) is 0 Å². The highest BCUT2D eigenvalue weighted by atomic mass is 79.9. The number of benzene rings is 3. The minimum absolute atomic E-state index is 0.141. The summed E-state index contributed by atoms with van der Waals surface area (Å²) >= 11 is 3.55. The number of halogens is 1. The number of imidazole rings is 1. The smallest absolute Gasteiger partial charge is 0.219 e. The van der Waals surface area contributed by atoms with Crippen LogP contribution in [0.3, 0.4) is 0 Å². The van der Waals surface area contributed by atoms with Gasteiger partial charge in [-0.25, -0.2) is 4.98 Å². The van der Waals surface area contributed by atoms with Crippen molar-refractivity contribution in [2.75, 3.05) is 19.1 Å². The van der Waals surface area contributed by atoms with Crippen LogP contribution in [0.15, 0.2) is 59.1 Å². The Morgan fingerprint density at radius 1 is 1.10 bits per heavy atom. The molecular formula is C32H36BrN5O3. The van der Waals surface area contributed by atoms with Gasteiger partial charge < -0.3 is 30.0 Å². The number of hydrogen-bond donors (Lipinski definition) is 2. The van der Waals surface area contributed by atoms with Gasteiger partial charge in [0.2, 0.25) is 5.91 Å². The number of nitrogens with two attached hydrogens (primary N) is 1. The lowest BCUT2D eigenvalue weighted by atomic mass is 10.0. The summed E-state index contributed by atoms with van der Waals surface area (Å²) in [7, 11) is 3.20. The summed E-state index contributed by atoms with van der Waals surface area (Å²) in [6, 6.07) is 18.0. The molecule has 41 heavy (non-hydrogen) atoms. The fourth-order valence-corrected chi connectivity index (χ4v) is 5.60. The molecule has 1 amide bonds. The van der Waals surface area contributed by atoms with Gasteiger partial charge in [0, 0.05) is 49.4 Å². The molecule has 0 bridgehead atoms. The van der Waals surface area contributed by atoms with E-state index < -0.39 is 5.91 Å². The van der Waals surface area contributed by atoms with Crippen molar-refractivity contribution in [1.29, 1.82) is 0 Å². The summed E-state index contributed by atoms with van der Waals surface area (Å²) in [5, 5.41) is 3.49. The number of hydrogen-bond acceptors (Lipinski definition) is 6. The molecule has 1 aromatic heterocycles. The first-order chi connectivity index (χ1) is 19.7. The fourth-order valence-electron chi connectivity index (χ4n) is 4.95. The Morgan fingerprint density at radius 3 is 2.39 bits per heavy atom. The predicted molar refractivity (Wildman–Crippen MR) is 168 cm³/mol. The lowest BCUT2D eigenvalue weighted by molar-refractivity contribution is -0.118. The number of fused-ring (bicyclic) bond motifs is 1. The maximum absolute atomic E-state index is 12.1. The van der Waals surface area contributed by atoms with Gasteiger partial charge in [-0.1, -0.05) is 6.07 Å². The quantitative estimate of drug-likeness (QED) is 0.176. The molecule has 0 aliphatic rings. The van der Waals surface area contributed by atoms with Gasteiger partial charge in [0.05, 0.1) is 29.7 Å². The van der Waals surface area contributed by atoms with E-state index in [1.165, 1.54) is 0 Å². The second kappa shape index (κ2) is 13.4. The summed E-state index contributed by atoms with van der Waals surface area (Å²) < 4.78 is 13.9. The average molecular weight is 619 g/mol. The van der Waals surface area contributed by atoms with E-state index in [1.807, 2.05) is 41.3 Å². The standard InChI is InChI=1S/C32H36BrN5O3/c1-7-37(8-2)24-12-9-22(10-13-24)32-36-27-17-23(11-14-28(27)38(32)20(3)4)26(18-30(34)39)35-19-21-15-25(33)31(41-6)29(16-21)40-5/h7-17,20,26,35H,1-2,18-19H2,3-6H3,(H2,34,39). The minimum Gasteiger partial charge on any atom is -0.493 e. The summed E-state index contributed by atoms with van der Waals surface area (Å²) in [5.41, 5.74) is 11.4. The number of carbonyl (C=O) groups is 1. The highest BCUT2D eigenvalue weighted by molar-refractivity contribution is 9.10. The molecule has 1 heterocycles. The lowest BCUT2D eigenvalue weighted by Gasteiger charge is -2.20. The van der Waals surface area contributed by atoms with Crippen LogP contribution in [0.1, 0.15) is 43.5 Å². The molecule has 3 aromatic carbocycles. The lowest BCUT2D eigenvalue weighted by Crippen LogP contribution is -2.26. The molecule has 0 saturated carbocycles. The van der Waals surface area contributed by atoms with Gasteiger partial charge >= 0.3 is 0 Å². The SMILES string of the molecule is [CH2][CH]N([CH][CH2])c1ccc(-c2nc3cc(C(CC(N)=O)NCc4cc(Br)c(OC)c(OC)c4)ccc3n2C(C)C)cc1. The third-order valence-electron chi connectivity index (χ3n) is 6.90. The zero-order valence-electron chi connectivity index (χ0n) is 23.9. The molecule has 0 saturated heterocycles. The molecule has 0 spiro atoms. The van der Waals surface area contributed by atoms with E-state index in [4.69, 9.17) is 20.2 Å². The number of anilines is 1. The maximum Gasteiger partial charge on any atom is 0.219 e. The number of nitrogens with one attached hydrogen (secondary N) is 1. The number of aromatic nitrogens is 2. The van der Waals surface area contributed by atoms with Crippen LogP contribution in [0.5, 0.6) is 11.5 Å². The van der Waals surface area contributed by atoms with Gasteiger partial charge in [-0.3, -0.25) is 4.79 Å². The van der Waals surface area contributed by atoms with E-state index >= 15 is 0 Å². The molecule has 8 nitrogen and oxygen atoms in total. The molecule has 1 unspecified atom stereocenters. The topological polar surface area (TPSA) is 94.6 Å². The number of methoxy groups -OCH3 is 2. The summed E-state index contributed by atoms with van der Waals surface area (Å²) in [5.74, 6) is 1.73. The van der Waals surface area contributed by atoms with E-state index in [2.05, 4.69) is 71.7 Å². The van der Waals surface area contributed by atoms with Crippen molar-refractivity contribution < 1.29 is 14.3 Å². The molecule has 4 rings (SSSR count). The van der Waals surface area contributed by atoms with Gasteiger partial charge in [0.15, 0.2) is 11.5 Å². The third-order valence-corrected chi connectivity index (χ3v) is 7.49. The van der Waals surface area contributed by atoms with Crippen molar-refractivity contribution in [3.63, 3.8) is 0 Å². The first-order valence-electron chi connectivity index (χ1n) is 13.3. The van der Waals surface area contributed by atoms with Crippen LogP contribution in [0.25, 0.3) is 22.4 Å². The van der Waals surface area contributed by atoms with Crippen LogP contribution < -0.4 is 25.4 Å². The Bertz CT molecular complexity index is 1500. The van der Waals surface area contributed by atoms with Crippen molar-refractivity contribution in [2.24, 2.45) is 5.73 Å². The molecular weight excluding hydrogens is 582 g/mol. The summed E-state index contributed by atoms with van der Waals surface area (Å²) in [4.78, 5) is 18.9. The largest absolute Gasteiger partial charge is 0.493 e. The summed E-state index contributed by atoms with van der Waals surface area (Å²) in [6.07, 6.45) is 0.141. The Hall–Kier alpha value is -3.56. The Kier molecular flexibility index (Phi) is 9.94. The summed E-state index contributed by atoms with van der Waals surface area (Å²) in [6.45, 7) is 15.9. The van der Waals surface area contributed by atoms with E-state index in [9.17, 15) is 4.79 Å². The second-order valence-electron chi connectivity index (χ2n) is 9.88. The fraction of sp³-hybridized carbons (Fsp3) is 0.250. The number of amides is 1. The molecule has 0 aliphatic carbocycles. The van der Waals surface area contributed by atoms with Crippen molar-refractivity contribution in [1.82, 2.24) is 14.9 Å². The monoisotopic (exact) mass is 617 g/mol. The van der Waals surface area contributed by atoms with Crippen molar-refractivity contribution in [3.8, 4) is 22.9 Å². The highest BCUT2D eigenvalue weighted by Gasteiger charge is 2.20. The van der Waals surface area contributed by atoms with E-state index in [-0.39, 0.29) is 18.5 Å². The van der Waals surface area contributed by atoms with Gasteiger partial charge in [0.1, 0.15) is 5.82 Å². The normalized spacial score (nSPS) is 12.1. The van der Waals surface area contributed by atoms with E-state index in [1.54, 1.807) is 27.3 Å². The molecule has 3 N–H and O–H groups in total. The number of rotatable bonds is 13. The molecule has 4 aromatic rings. The van der Waals surface area contributed by atoms with Gasteiger partial charge in [-0.15, -0.1) is 0 Å². The number of nitrogens with zero attached hydrogens (tertiary/aromatic N) is 3. The third kappa shape index (κ3) is 6.68. The van der Waals surface area contributed by atoms with Crippen molar-refractivity contribution in [3.05, 3.63) is 97.1 Å². The Labute approximate surface area is 251 Å².